The highest BCUT2D eigenvalue weighted by molar-refractivity contribution is 5.80. The largest absolute Gasteiger partial charge is 0.469 e. The predicted molar refractivity (Wildman–Crippen MR) is 95.0 cm³/mol. The van der Waals surface area contributed by atoms with E-state index in [0.717, 1.165) is 38.4 Å². The number of methoxy groups -OCH3 is 1. The second-order valence-electron chi connectivity index (χ2n) is 6.73. The minimum Gasteiger partial charge on any atom is -0.469 e. The number of aliphatic imine (C=N–C) groups is 1. The molecule has 2 aliphatic rings. The molecule has 5 heteroatoms. The van der Waals surface area contributed by atoms with Crippen LogP contribution in [0.2, 0.25) is 0 Å². The Balaban J connectivity index is 1.45. The zero-order valence-electron chi connectivity index (χ0n) is 14.6. The summed E-state index contributed by atoms with van der Waals surface area (Å²) in [7, 11) is 3.30. The van der Waals surface area contributed by atoms with Gasteiger partial charge in [0, 0.05) is 26.7 Å². The van der Waals surface area contributed by atoms with E-state index in [1.165, 1.54) is 19.1 Å². The molecule has 0 aromatic heterocycles. The van der Waals surface area contributed by atoms with E-state index in [0.29, 0.717) is 11.8 Å². The summed E-state index contributed by atoms with van der Waals surface area (Å²) in [5.74, 6) is 2.28. The maximum absolute atomic E-state index is 11.6. The van der Waals surface area contributed by atoms with Gasteiger partial charge in [0.15, 0.2) is 5.96 Å². The highest BCUT2D eigenvalue weighted by Gasteiger charge is 2.38. The van der Waals surface area contributed by atoms with Crippen LogP contribution in [0.4, 0.5) is 0 Å². The predicted octanol–water partition coefficient (Wildman–Crippen LogP) is 2.25. The van der Waals surface area contributed by atoms with E-state index < -0.39 is 0 Å². The van der Waals surface area contributed by atoms with E-state index in [9.17, 15) is 4.79 Å². The molecule has 2 atom stereocenters. The van der Waals surface area contributed by atoms with E-state index >= 15 is 0 Å². The molecule has 0 radical (unpaired) electrons. The number of piperidine rings is 1. The Bertz CT molecular complexity index is 580. The zero-order chi connectivity index (χ0) is 16.9. The number of ether oxygens (including phenoxy) is 1. The molecule has 1 heterocycles. The summed E-state index contributed by atoms with van der Waals surface area (Å²) in [6.45, 7) is 2.67. The maximum atomic E-state index is 11.6. The zero-order valence-corrected chi connectivity index (χ0v) is 14.6. The van der Waals surface area contributed by atoms with Gasteiger partial charge >= 0.3 is 5.97 Å². The number of nitrogens with zero attached hydrogens (tertiary/aromatic N) is 2. The monoisotopic (exact) mass is 329 g/mol. The minimum atomic E-state index is -0.0821. The van der Waals surface area contributed by atoms with Gasteiger partial charge in [0.2, 0.25) is 0 Å². The van der Waals surface area contributed by atoms with Gasteiger partial charge in [0.25, 0.3) is 0 Å². The number of esters is 1. The summed E-state index contributed by atoms with van der Waals surface area (Å²) in [5, 5.41) is 3.52. The number of hydrogen-bond donors (Lipinski definition) is 1. The standard InChI is InChI=1S/C19H27N3O2/c1-20-19(22-10-8-15(9-11-22)18(23)24-2)21-13-16-12-17(16)14-6-4-3-5-7-14/h3-7,15-17H,8-13H2,1-2H3,(H,20,21). The van der Waals surface area contributed by atoms with E-state index in [1.807, 2.05) is 7.05 Å². The molecule has 0 bridgehead atoms. The molecule has 1 aliphatic carbocycles. The van der Waals surface area contributed by atoms with Crippen molar-refractivity contribution in [3.8, 4) is 0 Å². The lowest BCUT2D eigenvalue weighted by molar-refractivity contribution is -0.146. The van der Waals surface area contributed by atoms with Crippen molar-refractivity contribution in [3.05, 3.63) is 35.9 Å². The first-order valence-corrected chi connectivity index (χ1v) is 8.81. The molecular weight excluding hydrogens is 302 g/mol. The van der Waals surface area contributed by atoms with Crippen molar-refractivity contribution in [1.82, 2.24) is 10.2 Å². The van der Waals surface area contributed by atoms with E-state index in [-0.39, 0.29) is 11.9 Å². The van der Waals surface area contributed by atoms with Gasteiger partial charge in [0.1, 0.15) is 0 Å². The lowest BCUT2D eigenvalue weighted by atomic mass is 9.97. The van der Waals surface area contributed by atoms with Gasteiger partial charge < -0.3 is 15.0 Å². The van der Waals surface area contributed by atoms with Crippen LogP contribution < -0.4 is 5.32 Å². The number of carbonyl (C=O) groups is 1. The Labute approximate surface area is 144 Å². The highest BCUT2D eigenvalue weighted by atomic mass is 16.5. The Morgan fingerprint density at radius 2 is 2.00 bits per heavy atom. The van der Waals surface area contributed by atoms with Crippen LogP contribution in [0.3, 0.4) is 0 Å². The number of hydrogen-bond acceptors (Lipinski definition) is 3. The van der Waals surface area contributed by atoms with Crippen molar-refractivity contribution in [2.24, 2.45) is 16.8 Å². The van der Waals surface area contributed by atoms with Gasteiger partial charge in [-0.3, -0.25) is 9.79 Å². The summed E-state index contributed by atoms with van der Waals surface area (Å²) in [4.78, 5) is 18.3. The number of nitrogens with one attached hydrogen (secondary N) is 1. The third kappa shape index (κ3) is 3.89. The van der Waals surface area contributed by atoms with Crippen molar-refractivity contribution < 1.29 is 9.53 Å². The lowest BCUT2D eigenvalue weighted by Crippen LogP contribution is -2.47. The summed E-state index contributed by atoms with van der Waals surface area (Å²) < 4.78 is 4.85. The highest BCUT2D eigenvalue weighted by Crippen LogP contribution is 2.46. The van der Waals surface area contributed by atoms with E-state index in [1.54, 1.807) is 0 Å². The number of rotatable bonds is 4. The molecule has 0 amide bonds. The molecule has 2 unspecified atom stereocenters. The van der Waals surface area contributed by atoms with Crippen LogP contribution >= 0.6 is 0 Å². The fourth-order valence-electron chi connectivity index (χ4n) is 3.63. The molecule has 0 spiro atoms. The third-order valence-electron chi connectivity index (χ3n) is 5.21. The number of carbonyl (C=O) groups excluding carboxylic acids is 1. The Kier molecular flexibility index (Phi) is 5.38. The van der Waals surface area contributed by atoms with Crippen LogP contribution in [-0.4, -0.2) is 50.6 Å². The van der Waals surface area contributed by atoms with Crippen LogP contribution in [0.5, 0.6) is 0 Å². The fourth-order valence-corrected chi connectivity index (χ4v) is 3.63. The first kappa shape index (κ1) is 16.8. The third-order valence-corrected chi connectivity index (χ3v) is 5.21. The summed E-state index contributed by atoms with van der Waals surface area (Å²) in [5.41, 5.74) is 1.44. The van der Waals surface area contributed by atoms with Crippen molar-refractivity contribution in [2.75, 3.05) is 33.8 Å². The molecule has 2 fully saturated rings. The van der Waals surface area contributed by atoms with Gasteiger partial charge in [-0.2, -0.15) is 0 Å². The lowest BCUT2D eigenvalue weighted by Gasteiger charge is -2.33. The average molecular weight is 329 g/mol. The smallest absolute Gasteiger partial charge is 0.308 e. The molecule has 1 N–H and O–H groups in total. The fraction of sp³-hybridized carbons (Fsp3) is 0.579. The first-order valence-electron chi connectivity index (χ1n) is 8.81. The summed E-state index contributed by atoms with van der Waals surface area (Å²) in [6.07, 6.45) is 2.92. The van der Waals surface area contributed by atoms with Gasteiger partial charge in [0.05, 0.1) is 13.0 Å². The minimum absolute atomic E-state index is 0.0373. The summed E-state index contributed by atoms with van der Waals surface area (Å²) in [6, 6.07) is 10.7. The maximum Gasteiger partial charge on any atom is 0.308 e. The van der Waals surface area contributed by atoms with Crippen LogP contribution in [0.15, 0.2) is 35.3 Å². The molecular formula is C19H27N3O2. The Hall–Kier alpha value is -2.04. The average Bonchev–Trinajstić information content (AvgIpc) is 3.42. The SMILES string of the molecule is CN=C(NCC1CC1c1ccccc1)N1CCC(C(=O)OC)CC1. The Morgan fingerprint density at radius 3 is 2.62 bits per heavy atom. The van der Waals surface area contributed by atoms with Crippen LogP contribution in [0, 0.1) is 11.8 Å². The van der Waals surface area contributed by atoms with Gasteiger partial charge in [-0.15, -0.1) is 0 Å². The van der Waals surface area contributed by atoms with Crippen molar-refractivity contribution in [2.45, 2.75) is 25.2 Å². The molecule has 5 nitrogen and oxygen atoms in total. The molecule has 24 heavy (non-hydrogen) atoms. The van der Waals surface area contributed by atoms with Gasteiger partial charge in [-0.05, 0) is 36.7 Å². The normalized spacial score (nSPS) is 24.6. The molecule has 130 valence electrons. The first-order chi connectivity index (χ1) is 11.7. The summed E-state index contributed by atoms with van der Waals surface area (Å²) >= 11 is 0. The number of benzene rings is 1. The van der Waals surface area contributed by atoms with E-state index in [2.05, 4.69) is 45.5 Å². The van der Waals surface area contributed by atoms with Crippen molar-refractivity contribution in [1.29, 1.82) is 0 Å². The van der Waals surface area contributed by atoms with Gasteiger partial charge in [-0.1, -0.05) is 30.3 Å². The number of likely N-dealkylation sites (tertiary alicyclic amines) is 1. The molecule has 1 aromatic rings. The van der Waals surface area contributed by atoms with Crippen LogP contribution in [-0.2, 0) is 9.53 Å². The molecule has 1 saturated heterocycles. The topological polar surface area (TPSA) is 53.9 Å². The second-order valence-corrected chi connectivity index (χ2v) is 6.73. The second kappa shape index (κ2) is 7.69. The molecule has 1 aliphatic heterocycles. The van der Waals surface area contributed by atoms with Crippen LogP contribution in [0.1, 0.15) is 30.7 Å². The number of guanidine groups is 1. The molecule has 1 aromatic carbocycles. The van der Waals surface area contributed by atoms with E-state index in [4.69, 9.17) is 4.74 Å². The van der Waals surface area contributed by atoms with Crippen molar-refractivity contribution >= 4 is 11.9 Å². The van der Waals surface area contributed by atoms with Crippen LogP contribution in [0.25, 0.3) is 0 Å². The quantitative estimate of drug-likeness (QED) is 0.523. The molecule has 1 saturated carbocycles. The van der Waals surface area contributed by atoms with Gasteiger partial charge in [-0.25, -0.2) is 0 Å². The Morgan fingerprint density at radius 1 is 1.29 bits per heavy atom. The molecule has 3 rings (SSSR count). The van der Waals surface area contributed by atoms with Crippen molar-refractivity contribution in [3.63, 3.8) is 0 Å².